The Morgan fingerprint density at radius 1 is 1.14 bits per heavy atom. The molecule has 0 atom stereocenters. The lowest BCUT2D eigenvalue weighted by atomic mass is 9.91. The van der Waals surface area contributed by atoms with Gasteiger partial charge in [0.2, 0.25) is 0 Å². The lowest BCUT2D eigenvalue weighted by Gasteiger charge is -2.46. The van der Waals surface area contributed by atoms with Crippen LogP contribution >= 0.6 is 0 Å². The Labute approximate surface area is 86.7 Å². The van der Waals surface area contributed by atoms with Gasteiger partial charge in [-0.1, -0.05) is 19.8 Å². The van der Waals surface area contributed by atoms with Crippen molar-refractivity contribution in [3.8, 4) is 0 Å². The summed E-state index contributed by atoms with van der Waals surface area (Å²) in [6, 6.07) is 0. The van der Waals surface area contributed by atoms with Gasteiger partial charge in [-0.3, -0.25) is 4.90 Å². The molecule has 0 unspecified atom stereocenters. The molecule has 0 spiro atoms. The fourth-order valence-corrected chi connectivity index (χ4v) is 1.97. The predicted octanol–water partition coefficient (Wildman–Crippen LogP) is 0.996. The van der Waals surface area contributed by atoms with Crippen LogP contribution in [0.25, 0.3) is 0 Å². The molecule has 84 valence electrons. The number of rotatable bonds is 7. The molecule has 0 saturated carbocycles. The highest BCUT2D eigenvalue weighted by molar-refractivity contribution is 4.93. The minimum atomic E-state index is -0.384. The van der Waals surface area contributed by atoms with Crippen LogP contribution < -0.4 is 0 Å². The largest absolute Gasteiger partial charge is 0.396 e. The number of likely N-dealkylation sites (tertiary alicyclic amines) is 1. The molecule has 1 heterocycles. The topological polar surface area (TPSA) is 43.7 Å². The van der Waals surface area contributed by atoms with E-state index >= 15 is 0 Å². The summed E-state index contributed by atoms with van der Waals surface area (Å²) in [5, 5.41) is 18.3. The molecule has 2 N–H and O–H groups in total. The third-order valence-corrected chi connectivity index (χ3v) is 3.08. The Bertz CT molecular complexity index is 155. The molecule has 1 aliphatic rings. The van der Waals surface area contributed by atoms with Gasteiger partial charge in [0.05, 0.1) is 5.60 Å². The van der Waals surface area contributed by atoms with E-state index in [1.807, 2.05) is 6.92 Å². The number of nitrogens with zero attached hydrogens (tertiary/aromatic N) is 1. The van der Waals surface area contributed by atoms with Crippen LogP contribution in [-0.2, 0) is 0 Å². The molecule has 0 bridgehead atoms. The molecule has 1 saturated heterocycles. The van der Waals surface area contributed by atoms with Gasteiger partial charge in [0.1, 0.15) is 0 Å². The maximum atomic E-state index is 9.76. The number of hydrogen-bond acceptors (Lipinski definition) is 3. The molecule has 0 aromatic carbocycles. The van der Waals surface area contributed by atoms with Crippen molar-refractivity contribution in [3.05, 3.63) is 0 Å². The van der Waals surface area contributed by atoms with E-state index in [1.165, 1.54) is 12.8 Å². The summed E-state index contributed by atoms with van der Waals surface area (Å²) in [5.41, 5.74) is -0.384. The summed E-state index contributed by atoms with van der Waals surface area (Å²) in [5.74, 6) is 0. The summed E-state index contributed by atoms with van der Waals surface area (Å²) in [6.07, 6.45) is 5.32. The van der Waals surface area contributed by atoms with Gasteiger partial charge in [0.15, 0.2) is 0 Å². The molecule has 3 heteroatoms. The fraction of sp³-hybridized carbons (Fsp3) is 1.00. The molecule has 3 nitrogen and oxygen atoms in total. The molecule has 0 aromatic rings. The second-order valence-corrected chi connectivity index (χ2v) is 4.43. The lowest BCUT2D eigenvalue weighted by molar-refractivity contribution is -0.0995. The third kappa shape index (κ3) is 3.56. The van der Waals surface area contributed by atoms with Crippen LogP contribution in [-0.4, -0.2) is 47.0 Å². The zero-order valence-electron chi connectivity index (χ0n) is 9.21. The maximum absolute atomic E-state index is 9.76. The second kappa shape index (κ2) is 5.69. The summed E-state index contributed by atoms with van der Waals surface area (Å²) < 4.78 is 0. The Kier molecular flexibility index (Phi) is 4.85. The number of hydrogen-bond donors (Lipinski definition) is 2. The summed E-state index contributed by atoms with van der Waals surface area (Å²) >= 11 is 0. The zero-order valence-corrected chi connectivity index (χ0v) is 9.21. The van der Waals surface area contributed by atoms with Crippen molar-refractivity contribution in [1.29, 1.82) is 0 Å². The minimum Gasteiger partial charge on any atom is -0.396 e. The molecule has 1 fully saturated rings. The third-order valence-electron chi connectivity index (χ3n) is 3.08. The number of aliphatic hydroxyl groups excluding tert-OH is 1. The van der Waals surface area contributed by atoms with Gasteiger partial charge in [0, 0.05) is 19.7 Å². The number of unbranched alkanes of at least 4 members (excludes halogenated alkanes) is 3. The Morgan fingerprint density at radius 2 is 1.79 bits per heavy atom. The first-order valence-electron chi connectivity index (χ1n) is 5.76. The van der Waals surface area contributed by atoms with Gasteiger partial charge in [0.25, 0.3) is 0 Å². The quantitative estimate of drug-likeness (QED) is 0.604. The maximum Gasteiger partial charge on any atom is 0.0897 e. The zero-order chi connectivity index (χ0) is 10.4. The van der Waals surface area contributed by atoms with E-state index in [4.69, 9.17) is 5.11 Å². The second-order valence-electron chi connectivity index (χ2n) is 4.43. The fourth-order valence-electron chi connectivity index (χ4n) is 1.97. The van der Waals surface area contributed by atoms with Gasteiger partial charge in [-0.2, -0.15) is 0 Å². The predicted molar refractivity (Wildman–Crippen MR) is 57.2 cm³/mol. The van der Waals surface area contributed by atoms with E-state index in [1.54, 1.807) is 0 Å². The molecular formula is C11H23NO2. The molecule has 0 amide bonds. The molecule has 14 heavy (non-hydrogen) atoms. The Balaban J connectivity index is 1.91. The van der Waals surface area contributed by atoms with Gasteiger partial charge < -0.3 is 10.2 Å². The van der Waals surface area contributed by atoms with Crippen LogP contribution in [0.5, 0.6) is 0 Å². The van der Waals surface area contributed by atoms with Crippen molar-refractivity contribution in [3.63, 3.8) is 0 Å². The van der Waals surface area contributed by atoms with E-state index in [0.29, 0.717) is 6.61 Å². The number of β-amino-alcohol motifs (C(OH)–C–C–N with tert-alkyl or cyclic N) is 1. The molecule has 0 aliphatic carbocycles. The van der Waals surface area contributed by atoms with Crippen molar-refractivity contribution in [2.45, 2.75) is 44.6 Å². The first-order chi connectivity index (χ1) is 6.70. The highest BCUT2D eigenvalue weighted by Crippen LogP contribution is 2.24. The Hall–Kier alpha value is -0.120. The van der Waals surface area contributed by atoms with Gasteiger partial charge in [-0.25, -0.2) is 0 Å². The highest BCUT2D eigenvalue weighted by Gasteiger charge is 2.38. The van der Waals surface area contributed by atoms with E-state index in [-0.39, 0.29) is 5.60 Å². The summed E-state index contributed by atoms with van der Waals surface area (Å²) in [7, 11) is 0. The average Bonchev–Trinajstić information content (AvgIpc) is 2.14. The molecule has 0 radical (unpaired) electrons. The Morgan fingerprint density at radius 3 is 2.36 bits per heavy atom. The van der Waals surface area contributed by atoms with Crippen molar-refractivity contribution < 1.29 is 10.2 Å². The molecule has 1 aliphatic heterocycles. The monoisotopic (exact) mass is 201 g/mol. The van der Waals surface area contributed by atoms with Crippen LogP contribution in [0.1, 0.15) is 39.0 Å². The molecule has 1 rings (SSSR count). The van der Waals surface area contributed by atoms with Crippen LogP contribution in [0.4, 0.5) is 0 Å². The first kappa shape index (κ1) is 12.0. The van der Waals surface area contributed by atoms with Crippen LogP contribution in [0.15, 0.2) is 0 Å². The van der Waals surface area contributed by atoms with Crippen LogP contribution in [0, 0.1) is 0 Å². The van der Waals surface area contributed by atoms with E-state index in [9.17, 15) is 5.11 Å². The molecular weight excluding hydrogens is 178 g/mol. The average molecular weight is 201 g/mol. The van der Waals surface area contributed by atoms with Crippen LogP contribution in [0.2, 0.25) is 0 Å². The first-order valence-corrected chi connectivity index (χ1v) is 5.76. The molecule has 0 aromatic heterocycles. The van der Waals surface area contributed by atoms with Crippen molar-refractivity contribution in [2.75, 3.05) is 26.2 Å². The summed E-state index contributed by atoms with van der Waals surface area (Å²) in [4.78, 5) is 2.31. The highest BCUT2D eigenvalue weighted by atomic mass is 16.3. The van der Waals surface area contributed by atoms with Gasteiger partial charge in [-0.15, -0.1) is 0 Å². The lowest BCUT2D eigenvalue weighted by Crippen LogP contribution is -2.61. The standard InChI is InChI=1S/C11H23NO2/c1-2-11(14)9-12(10-11)7-5-3-4-6-8-13/h13-14H,2-10H2,1H3. The van der Waals surface area contributed by atoms with E-state index in [0.717, 1.165) is 38.9 Å². The van der Waals surface area contributed by atoms with E-state index < -0.39 is 0 Å². The summed E-state index contributed by atoms with van der Waals surface area (Å²) in [6.45, 7) is 5.17. The smallest absolute Gasteiger partial charge is 0.0897 e. The minimum absolute atomic E-state index is 0.319. The normalized spacial score (nSPS) is 20.8. The number of aliphatic hydroxyl groups is 2. The van der Waals surface area contributed by atoms with Crippen molar-refractivity contribution in [1.82, 2.24) is 4.90 Å². The van der Waals surface area contributed by atoms with Crippen molar-refractivity contribution >= 4 is 0 Å². The van der Waals surface area contributed by atoms with Crippen LogP contribution in [0.3, 0.4) is 0 Å². The van der Waals surface area contributed by atoms with E-state index in [2.05, 4.69) is 4.90 Å². The van der Waals surface area contributed by atoms with Crippen molar-refractivity contribution in [2.24, 2.45) is 0 Å². The SMILES string of the molecule is CCC1(O)CN(CCCCCCO)C1. The van der Waals surface area contributed by atoms with Gasteiger partial charge in [-0.05, 0) is 25.8 Å². The van der Waals surface area contributed by atoms with Gasteiger partial charge >= 0.3 is 0 Å².